The van der Waals surface area contributed by atoms with Crippen LogP contribution in [0, 0.1) is 5.92 Å². The third-order valence-corrected chi connectivity index (χ3v) is 4.70. The van der Waals surface area contributed by atoms with Gasteiger partial charge in [0.05, 0.1) is 12.1 Å². The van der Waals surface area contributed by atoms with Gasteiger partial charge >= 0.3 is 0 Å². The number of carbonyl (C=O) groups excluding carboxylic acids is 1. The first-order valence-corrected chi connectivity index (χ1v) is 8.25. The summed E-state index contributed by atoms with van der Waals surface area (Å²) in [7, 11) is 0. The van der Waals surface area contributed by atoms with Gasteiger partial charge in [0.25, 0.3) is 0 Å². The lowest BCUT2D eigenvalue weighted by molar-refractivity contribution is -0.137. The minimum Gasteiger partial charge on any atom is -0.376 e. The highest BCUT2D eigenvalue weighted by Crippen LogP contribution is 2.29. The lowest BCUT2D eigenvalue weighted by Crippen LogP contribution is -2.44. The zero-order valence-corrected chi connectivity index (χ0v) is 13.1. The Morgan fingerprint density at radius 2 is 2.05 bits per heavy atom. The summed E-state index contributed by atoms with van der Waals surface area (Å²) in [5, 5.41) is 0. The van der Waals surface area contributed by atoms with E-state index < -0.39 is 0 Å². The Hall–Kier alpha value is -1.68. The Labute approximate surface area is 132 Å². The molecule has 1 aliphatic carbocycles. The number of ether oxygens (including phenoxy) is 1. The number of aromatic nitrogens is 1. The fraction of sp³-hybridized carbons (Fsp3) is 0.556. The molecule has 1 amide bonds. The summed E-state index contributed by atoms with van der Waals surface area (Å²) in [4.78, 5) is 19.0. The number of hydrogen-bond donors (Lipinski definition) is 0. The second kappa shape index (κ2) is 7.05. The molecule has 1 saturated heterocycles. The molecule has 1 fully saturated rings. The van der Waals surface area contributed by atoms with Crippen LogP contribution in [0.5, 0.6) is 0 Å². The molecule has 118 valence electrons. The normalized spacial score (nSPS) is 25.0. The predicted octanol–water partition coefficient (Wildman–Crippen LogP) is 2.60. The highest BCUT2D eigenvalue weighted by atomic mass is 16.5. The van der Waals surface area contributed by atoms with Crippen LogP contribution in [0.2, 0.25) is 0 Å². The minimum absolute atomic E-state index is 0.139. The minimum atomic E-state index is 0.139. The number of likely N-dealkylation sites (tertiary alicyclic amines) is 1. The van der Waals surface area contributed by atoms with Crippen LogP contribution < -0.4 is 0 Å². The van der Waals surface area contributed by atoms with Crippen molar-refractivity contribution >= 4 is 5.91 Å². The quantitative estimate of drug-likeness (QED) is 0.785. The smallest absolute Gasteiger partial charge is 0.226 e. The monoisotopic (exact) mass is 300 g/mol. The van der Waals surface area contributed by atoms with E-state index in [2.05, 4.69) is 22.0 Å². The average Bonchev–Trinajstić information content (AvgIpc) is 3.19. The van der Waals surface area contributed by atoms with Crippen molar-refractivity contribution in [1.29, 1.82) is 0 Å². The third kappa shape index (κ3) is 3.22. The van der Waals surface area contributed by atoms with E-state index in [4.69, 9.17) is 4.74 Å². The van der Waals surface area contributed by atoms with Crippen LogP contribution >= 0.6 is 0 Å². The molecule has 2 heterocycles. The van der Waals surface area contributed by atoms with Crippen LogP contribution in [0.15, 0.2) is 36.7 Å². The topological polar surface area (TPSA) is 42.4 Å². The molecule has 1 aromatic rings. The zero-order valence-electron chi connectivity index (χ0n) is 13.1. The van der Waals surface area contributed by atoms with Crippen LogP contribution in [0.3, 0.4) is 0 Å². The van der Waals surface area contributed by atoms with E-state index in [9.17, 15) is 4.79 Å². The number of amides is 1. The fourth-order valence-corrected chi connectivity index (χ4v) is 3.56. The van der Waals surface area contributed by atoms with Crippen molar-refractivity contribution in [1.82, 2.24) is 9.88 Å². The van der Waals surface area contributed by atoms with Gasteiger partial charge < -0.3 is 9.64 Å². The fourth-order valence-electron chi connectivity index (χ4n) is 3.56. The molecule has 0 aromatic carbocycles. The third-order valence-electron chi connectivity index (χ3n) is 4.70. The second-order valence-electron chi connectivity index (χ2n) is 6.08. The van der Waals surface area contributed by atoms with Crippen molar-refractivity contribution < 1.29 is 9.53 Å². The molecule has 0 bridgehead atoms. The van der Waals surface area contributed by atoms with Crippen molar-refractivity contribution in [2.75, 3.05) is 13.2 Å². The van der Waals surface area contributed by atoms with Crippen molar-refractivity contribution in [3.63, 3.8) is 0 Å². The van der Waals surface area contributed by atoms with Crippen LogP contribution in [-0.4, -0.2) is 41.1 Å². The molecular weight excluding hydrogens is 276 g/mol. The summed E-state index contributed by atoms with van der Waals surface area (Å²) in [5.74, 6) is 0.437. The molecule has 2 aliphatic rings. The van der Waals surface area contributed by atoms with Gasteiger partial charge in [-0.15, -0.1) is 0 Å². The number of allylic oxidation sites excluding steroid dienone is 2. The number of pyridine rings is 1. The first-order chi connectivity index (χ1) is 10.8. The van der Waals surface area contributed by atoms with Crippen molar-refractivity contribution in [3.8, 4) is 0 Å². The van der Waals surface area contributed by atoms with Gasteiger partial charge in [-0.25, -0.2) is 0 Å². The summed E-state index contributed by atoms with van der Waals surface area (Å²) in [5.41, 5.74) is 1.22. The van der Waals surface area contributed by atoms with Gasteiger partial charge in [-0.05, 0) is 50.3 Å². The summed E-state index contributed by atoms with van der Waals surface area (Å²) < 4.78 is 5.91. The van der Waals surface area contributed by atoms with E-state index in [0.717, 1.165) is 32.2 Å². The molecule has 0 spiro atoms. The highest BCUT2D eigenvalue weighted by molar-refractivity contribution is 5.80. The molecule has 4 heteroatoms. The molecule has 1 aromatic heterocycles. The Morgan fingerprint density at radius 3 is 2.73 bits per heavy atom. The van der Waals surface area contributed by atoms with Gasteiger partial charge in [0.15, 0.2) is 0 Å². The lowest BCUT2D eigenvalue weighted by Gasteiger charge is -2.30. The largest absolute Gasteiger partial charge is 0.376 e. The maximum atomic E-state index is 12.8. The molecular formula is C18H24N2O2. The van der Waals surface area contributed by atoms with Crippen molar-refractivity contribution in [2.45, 2.75) is 44.8 Å². The first kappa shape index (κ1) is 15.2. The van der Waals surface area contributed by atoms with E-state index in [1.54, 1.807) is 0 Å². The molecule has 0 N–H and O–H groups in total. The van der Waals surface area contributed by atoms with Crippen LogP contribution in [-0.2, 0) is 16.0 Å². The summed E-state index contributed by atoms with van der Waals surface area (Å²) in [6.45, 7) is 3.54. The summed E-state index contributed by atoms with van der Waals surface area (Å²) >= 11 is 0. The number of hydrogen-bond acceptors (Lipinski definition) is 3. The van der Waals surface area contributed by atoms with Gasteiger partial charge in [-0.2, -0.15) is 0 Å². The Morgan fingerprint density at radius 1 is 1.32 bits per heavy atom. The zero-order chi connectivity index (χ0) is 15.4. The van der Waals surface area contributed by atoms with Crippen molar-refractivity contribution in [3.05, 3.63) is 42.2 Å². The number of carbonyl (C=O) groups is 1. The Balaban J connectivity index is 1.74. The van der Waals surface area contributed by atoms with Crippen LogP contribution in [0.4, 0.5) is 0 Å². The lowest BCUT2D eigenvalue weighted by atomic mass is 10.0. The molecule has 3 rings (SSSR count). The highest BCUT2D eigenvalue weighted by Gasteiger charge is 2.39. The van der Waals surface area contributed by atoms with E-state index in [1.165, 1.54) is 5.56 Å². The number of nitrogens with zero attached hydrogens (tertiary/aromatic N) is 2. The number of rotatable bonds is 5. The van der Waals surface area contributed by atoms with Crippen LogP contribution in [0.25, 0.3) is 0 Å². The Bertz CT molecular complexity index is 521. The molecule has 4 nitrogen and oxygen atoms in total. The van der Waals surface area contributed by atoms with E-state index >= 15 is 0 Å². The first-order valence-electron chi connectivity index (χ1n) is 8.25. The maximum absolute atomic E-state index is 12.8. The predicted molar refractivity (Wildman–Crippen MR) is 85.3 cm³/mol. The van der Waals surface area contributed by atoms with Gasteiger partial charge in [-0.1, -0.05) is 12.2 Å². The van der Waals surface area contributed by atoms with Gasteiger partial charge in [0.1, 0.15) is 0 Å². The van der Waals surface area contributed by atoms with Crippen molar-refractivity contribution in [2.24, 2.45) is 5.92 Å². The molecule has 1 aliphatic heterocycles. The van der Waals surface area contributed by atoms with E-state index in [0.29, 0.717) is 12.5 Å². The summed E-state index contributed by atoms with van der Waals surface area (Å²) in [6, 6.07) is 4.21. The second-order valence-corrected chi connectivity index (χ2v) is 6.08. The molecule has 0 radical (unpaired) electrons. The average molecular weight is 300 g/mol. The van der Waals surface area contributed by atoms with Gasteiger partial charge in [0, 0.05) is 31.5 Å². The molecule has 0 saturated carbocycles. The Kier molecular flexibility index (Phi) is 4.88. The SMILES string of the molecule is CCO[C@H]1CCN(C(=O)C2CC=CC2)[C@H]1Cc1ccncc1. The summed E-state index contributed by atoms with van der Waals surface area (Å²) in [6.07, 6.45) is 11.6. The molecule has 22 heavy (non-hydrogen) atoms. The van der Waals surface area contributed by atoms with Crippen LogP contribution in [0.1, 0.15) is 31.7 Å². The van der Waals surface area contributed by atoms with E-state index in [-0.39, 0.29) is 18.1 Å². The maximum Gasteiger partial charge on any atom is 0.226 e. The van der Waals surface area contributed by atoms with Gasteiger partial charge in [-0.3, -0.25) is 9.78 Å². The standard InChI is InChI=1S/C18H24N2O2/c1-2-22-17-9-12-20(18(21)15-5-3-4-6-15)16(17)13-14-7-10-19-11-8-14/h3-4,7-8,10-11,15-17H,2,5-6,9,12-13H2,1H3/t16-,17-/m0/s1. The molecule has 2 atom stereocenters. The van der Waals surface area contributed by atoms with E-state index in [1.807, 2.05) is 31.5 Å². The molecule has 0 unspecified atom stereocenters. The van der Waals surface area contributed by atoms with Gasteiger partial charge in [0.2, 0.25) is 5.91 Å².